The summed E-state index contributed by atoms with van der Waals surface area (Å²) >= 11 is 0. The largest absolute Gasteiger partial charge is 0.355 e. The van der Waals surface area contributed by atoms with Crippen LogP contribution in [0.15, 0.2) is 36.5 Å². The summed E-state index contributed by atoms with van der Waals surface area (Å²) in [7, 11) is -1.94. The predicted molar refractivity (Wildman–Crippen MR) is 114 cm³/mol. The smallest absolute Gasteiger partial charge is 0.255 e. The molecule has 0 atom stereocenters. The topological polar surface area (TPSA) is 92.6 Å². The molecule has 1 aliphatic rings. The Morgan fingerprint density at radius 1 is 1.27 bits per heavy atom. The molecule has 1 saturated carbocycles. The second-order valence-corrected chi connectivity index (χ2v) is 9.32. The van der Waals surface area contributed by atoms with Gasteiger partial charge in [0.15, 0.2) is 0 Å². The van der Waals surface area contributed by atoms with Gasteiger partial charge >= 0.3 is 0 Å². The van der Waals surface area contributed by atoms with Crippen LogP contribution >= 0.6 is 0 Å². The highest BCUT2D eigenvalue weighted by atomic mass is 32.2. The molecule has 2 heterocycles. The average Bonchev–Trinajstić information content (AvgIpc) is 3.48. The Balaban J connectivity index is 1.92. The molecule has 2 aromatic heterocycles. The van der Waals surface area contributed by atoms with Crippen LogP contribution in [-0.4, -0.2) is 36.7 Å². The molecule has 158 valence electrons. The van der Waals surface area contributed by atoms with E-state index >= 15 is 0 Å². The fourth-order valence-electron chi connectivity index (χ4n) is 3.57. The van der Waals surface area contributed by atoms with Crippen LogP contribution in [0.1, 0.15) is 48.0 Å². The first-order valence-corrected chi connectivity index (χ1v) is 11.5. The lowest BCUT2D eigenvalue weighted by atomic mass is 10.0. The van der Waals surface area contributed by atoms with Crippen molar-refractivity contribution < 1.29 is 17.6 Å². The molecule has 7 nitrogen and oxygen atoms in total. The van der Waals surface area contributed by atoms with Crippen LogP contribution in [0.3, 0.4) is 0 Å². The Kier molecular flexibility index (Phi) is 5.23. The van der Waals surface area contributed by atoms with Crippen LogP contribution in [0, 0.1) is 5.82 Å². The number of anilines is 1. The zero-order valence-electron chi connectivity index (χ0n) is 16.8. The molecule has 2 N–H and O–H groups in total. The van der Waals surface area contributed by atoms with Crippen molar-refractivity contribution in [2.24, 2.45) is 0 Å². The number of benzene rings is 1. The number of rotatable bonds is 7. The third-order valence-corrected chi connectivity index (χ3v) is 6.61. The number of halogens is 1. The number of hydrogen-bond donors (Lipinski definition) is 2. The monoisotopic (exact) mass is 430 g/mol. The molecule has 0 saturated heterocycles. The molecule has 1 aliphatic carbocycles. The van der Waals surface area contributed by atoms with Crippen molar-refractivity contribution in [1.82, 2.24) is 14.9 Å². The summed E-state index contributed by atoms with van der Waals surface area (Å²) in [5.41, 5.74) is 3.29. The van der Waals surface area contributed by atoms with Crippen molar-refractivity contribution in [3.05, 3.63) is 53.5 Å². The van der Waals surface area contributed by atoms with Gasteiger partial charge in [-0.05, 0) is 61.1 Å². The molecule has 0 unspecified atom stereocenters. The number of nitrogens with zero attached hydrogens (tertiary/aromatic N) is 2. The first kappa shape index (κ1) is 20.3. The van der Waals surface area contributed by atoms with Gasteiger partial charge in [0.1, 0.15) is 11.5 Å². The predicted octanol–water partition coefficient (Wildman–Crippen LogP) is 3.53. The number of pyridine rings is 1. The van der Waals surface area contributed by atoms with E-state index in [2.05, 4.69) is 15.1 Å². The van der Waals surface area contributed by atoms with Crippen LogP contribution < -0.4 is 10.0 Å². The van der Waals surface area contributed by atoms with E-state index in [1.807, 2.05) is 13.0 Å². The maximum absolute atomic E-state index is 13.4. The van der Waals surface area contributed by atoms with Gasteiger partial charge in [-0.3, -0.25) is 9.52 Å². The minimum Gasteiger partial charge on any atom is -0.355 e. The summed E-state index contributed by atoms with van der Waals surface area (Å²) in [5, 5.41) is 7.17. The summed E-state index contributed by atoms with van der Waals surface area (Å²) < 4.78 is 42.3. The van der Waals surface area contributed by atoms with Crippen LogP contribution in [0.4, 0.5) is 10.1 Å². The molecule has 0 aliphatic heterocycles. The molecular formula is C21H23FN4O3S. The van der Waals surface area contributed by atoms with Gasteiger partial charge in [0.2, 0.25) is 10.0 Å². The first-order valence-electron chi connectivity index (χ1n) is 9.87. The number of fused-ring (bicyclic) bond motifs is 1. The average molecular weight is 431 g/mol. The number of sulfonamides is 1. The summed E-state index contributed by atoms with van der Waals surface area (Å²) in [6.45, 7) is 1.81. The number of nitrogens with one attached hydrogen (secondary N) is 2. The van der Waals surface area contributed by atoms with Crippen molar-refractivity contribution in [3.8, 4) is 11.3 Å². The van der Waals surface area contributed by atoms with Crippen LogP contribution in [0.5, 0.6) is 0 Å². The maximum atomic E-state index is 13.4. The van der Waals surface area contributed by atoms with Crippen molar-refractivity contribution >= 4 is 27.1 Å². The van der Waals surface area contributed by atoms with Gasteiger partial charge in [0.05, 0.1) is 28.7 Å². The Morgan fingerprint density at radius 2 is 1.97 bits per heavy atom. The van der Waals surface area contributed by atoms with Gasteiger partial charge in [0, 0.05) is 12.6 Å². The number of carbonyl (C=O) groups excluding carboxylic acids is 1. The minimum absolute atomic E-state index is 0.0264. The minimum atomic E-state index is -3.47. The second kappa shape index (κ2) is 7.71. The highest BCUT2D eigenvalue weighted by Crippen LogP contribution is 2.44. The highest BCUT2D eigenvalue weighted by molar-refractivity contribution is 7.92. The van der Waals surface area contributed by atoms with E-state index < -0.39 is 10.0 Å². The maximum Gasteiger partial charge on any atom is 0.255 e. The molecule has 1 amide bonds. The third kappa shape index (κ3) is 3.89. The van der Waals surface area contributed by atoms with E-state index in [9.17, 15) is 17.6 Å². The molecule has 30 heavy (non-hydrogen) atoms. The normalized spacial score (nSPS) is 14.1. The van der Waals surface area contributed by atoms with E-state index in [0.717, 1.165) is 18.4 Å². The Labute approximate surface area is 174 Å². The Bertz CT molecular complexity index is 1220. The highest BCUT2D eigenvalue weighted by Gasteiger charge is 2.30. The van der Waals surface area contributed by atoms with Crippen molar-refractivity contribution in [2.75, 3.05) is 17.5 Å². The molecule has 0 spiro atoms. The summed E-state index contributed by atoms with van der Waals surface area (Å²) in [4.78, 5) is 12.7. The van der Waals surface area contributed by atoms with Crippen molar-refractivity contribution in [3.63, 3.8) is 0 Å². The molecule has 3 aromatic rings. The van der Waals surface area contributed by atoms with E-state index in [0.29, 0.717) is 34.4 Å². The standard InChI is InChI=1S/C21H23FN4O3S/c1-3-10-30(28,29)25-17-12-26-18(11-16(17)13-4-5-13)19(21(27)23-2)20(24-26)14-6-8-15(22)9-7-14/h6-9,11-13,25H,3-5,10H2,1-2H3,(H,23,27). The lowest BCUT2D eigenvalue weighted by Gasteiger charge is -2.13. The van der Waals surface area contributed by atoms with Gasteiger partial charge in [-0.15, -0.1) is 0 Å². The fourth-order valence-corrected chi connectivity index (χ4v) is 4.71. The summed E-state index contributed by atoms with van der Waals surface area (Å²) in [6.07, 6.45) is 4.06. The van der Waals surface area contributed by atoms with Gasteiger partial charge in [-0.25, -0.2) is 17.3 Å². The second-order valence-electron chi connectivity index (χ2n) is 7.48. The van der Waals surface area contributed by atoms with Crippen LogP contribution in [0.25, 0.3) is 16.8 Å². The van der Waals surface area contributed by atoms with Gasteiger partial charge in [-0.2, -0.15) is 5.10 Å². The molecular weight excluding hydrogens is 407 g/mol. The summed E-state index contributed by atoms with van der Waals surface area (Å²) in [6, 6.07) is 7.60. The lowest BCUT2D eigenvalue weighted by Crippen LogP contribution is -2.19. The van der Waals surface area contributed by atoms with E-state index in [-0.39, 0.29) is 23.4 Å². The number of aromatic nitrogens is 2. The van der Waals surface area contributed by atoms with Gasteiger partial charge in [-0.1, -0.05) is 6.92 Å². The molecule has 0 radical (unpaired) electrons. The number of carbonyl (C=O) groups is 1. The lowest BCUT2D eigenvalue weighted by molar-refractivity contribution is 0.0965. The van der Waals surface area contributed by atoms with Crippen molar-refractivity contribution in [1.29, 1.82) is 0 Å². The number of amides is 1. The Hall–Kier alpha value is -2.94. The molecule has 0 bridgehead atoms. The van der Waals surface area contributed by atoms with Gasteiger partial charge in [0.25, 0.3) is 5.91 Å². The fraction of sp³-hybridized carbons (Fsp3) is 0.333. The quantitative estimate of drug-likeness (QED) is 0.600. The molecule has 4 rings (SSSR count). The van der Waals surface area contributed by atoms with Gasteiger partial charge < -0.3 is 5.32 Å². The number of hydrogen-bond acceptors (Lipinski definition) is 4. The van der Waals surface area contributed by atoms with Crippen molar-refractivity contribution in [2.45, 2.75) is 32.1 Å². The Morgan fingerprint density at radius 3 is 2.57 bits per heavy atom. The molecule has 1 fully saturated rings. The molecule has 9 heteroatoms. The SMILES string of the molecule is CCCS(=O)(=O)Nc1cn2nc(-c3ccc(F)cc3)c(C(=O)NC)c2cc1C1CC1. The summed E-state index contributed by atoms with van der Waals surface area (Å²) in [5.74, 6) is -0.424. The van der Waals surface area contributed by atoms with E-state index in [4.69, 9.17) is 0 Å². The van der Waals surface area contributed by atoms with Crippen LogP contribution in [0.2, 0.25) is 0 Å². The zero-order valence-corrected chi connectivity index (χ0v) is 17.6. The molecule has 1 aromatic carbocycles. The third-order valence-electron chi connectivity index (χ3n) is 5.13. The van der Waals surface area contributed by atoms with E-state index in [1.165, 1.54) is 23.7 Å². The zero-order chi connectivity index (χ0) is 21.5. The van der Waals surface area contributed by atoms with E-state index in [1.54, 1.807) is 18.3 Å². The van der Waals surface area contributed by atoms with Crippen LogP contribution in [-0.2, 0) is 10.0 Å². The first-order chi connectivity index (χ1) is 14.3.